The molecule has 0 saturated carbocycles. The van der Waals surface area contributed by atoms with Gasteiger partial charge in [0.2, 0.25) is 0 Å². The fourth-order valence-electron chi connectivity index (χ4n) is 3.96. The van der Waals surface area contributed by atoms with E-state index in [-0.39, 0.29) is 11.5 Å². The first-order valence-electron chi connectivity index (χ1n) is 11.7. The molecule has 0 aliphatic carbocycles. The molecule has 1 fully saturated rings. The van der Waals surface area contributed by atoms with Crippen molar-refractivity contribution in [2.45, 2.75) is 121 Å². The van der Waals surface area contributed by atoms with Crippen LogP contribution in [-0.4, -0.2) is 66.3 Å². The monoisotopic (exact) mass is 436 g/mol. The third-order valence-corrected chi connectivity index (χ3v) is 7.62. The van der Waals surface area contributed by atoms with E-state index >= 15 is 0 Å². The predicted octanol–water partition coefficient (Wildman–Crippen LogP) is 3.36. The van der Waals surface area contributed by atoms with E-state index in [1.54, 1.807) is 0 Å². The maximum absolute atomic E-state index is 12.2. The number of ether oxygens (including phenoxy) is 1. The Labute approximate surface area is 178 Å². The number of aliphatic hydroxyl groups excluding tert-OH is 3. The number of hydrogen-bond donors (Lipinski definition) is 3. The summed E-state index contributed by atoms with van der Waals surface area (Å²) in [6.07, 6.45) is 12.7. The molecule has 1 aliphatic rings. The van der Waals surface area contributed by atoms with Gasteiger partial charge in [-0.1, -0.05) is 90.4 Å². The Kier molecular flexibility index (Phi) is 14.4. The summed E-state index contributed by atoms with van der Waals surface area (Å²) in [5, 5.41) is 28.6. The molecular formula is C22H44O6S. The molecule has 0 bridgehead atoms. The molecule has 0 amide bonds. The highest BCUT2D eigenvalue weighted by atomic mass is 32.2. The maximum atomic E-state index is 12.2. The van der Waals surface area contributed by atoms with E-state index in [0.29, 0.717) is 6.42 Å². The summed E-state index contributed by atoms with van der Waals surface area (Å²) in [5.41, 5.74) is 0. The molecule has 1 rings (SSSR count). The van der Waals surface area contributed by atoms with Gasteiger partial charge < -0.3 is 20.1 Å². The van der Waals surface area contributed by atoms with Crippen LogP contribution in [0, 0.1) is 0 Å². The van der Waals surface area contributed by atoms with Gasteiger partial charge in [-0.2, -0.15) is 0 Å². The zero-order valence-electron chi connectivity index (χ0n) is 18.3. The van der Waals surface area contributed by atoms with E-state index < -0.39 is 40.9 Å². The van der Waals surface area contributed by atoms with Crippen LogP contribution in [0.4, 0.5) is 0 Å². The molecule has 0 unspecified atom stereocenters. The average Bonchev–Trinajstić information content (AvgIpc) is 2.95. The van der Waals surface area contributed by atoms with Gasteiger partial charge in [0.15, 0.2) is 9.84 Å². The quantitative estimate of drug-likeness (QED) is 0.285. The van der Waals surface area contributed by atoms with Crippen molar-refractivity contribution in [2.24, 2.45) is 0 Å². The minimum Gasteiger partial charge on any atom is -0.394 e. The number of aliphatic hydroxyl groups is 3. The van der Waals surface area contributed by atoms with E-state index in [9.17, 15) is 18.6 Å². The first-order chi connectivity index (χ1) is 13.9. The van der Waals surface area contributed by atoms with Crippen molar-refractivity contribution in [3.05, 3.63) is 0 Å². The summed E-state index contributed by atoms with van der Waals surface area (Å²) in [6, 6.07) is 0. The number of rotatable bonds is 18. The normalized spacial score (nSPS) is 25.0. The number of sulfone groups is 1. The Morgan fingerprint density at radius 3 is 1.52 bits per heavy atom. The van der Waals surface area contributed by atoms with E-state index in [0.717, 1.165) is 19.3 Å². The maximum Gasteiger partial charge on any atom is 0.152 e. The largest absolute Gasteiger partial charge is 0.394 e. The summed E-state index contributed by atoms with van der Waals surface area (Å²) in [4.78, 5) is 0. The Hall–Kier alpha value is -0.210. The summed E-state index contributed by atoms with van der Waals surface area (Å²) in [5.74, 6) is -0.225. The van der Waals surface area contributed by atoms with Crippen molar-refractivity contribution in [2.75, 3.05) is 18.1 Å². The molecule has 0 radical (unpaired) electrons. The molecule has 1 aliphatic heterocycles. The van der Waals surface area contributed by atoms with Gasteiger partial charge in [-0.05, 0) is 6.42 Å². The van der Waals surface area contributed by atoms with Crippen molar-refractivity contribution in [3.63, 3.8) is 0 Å². The summed E-state index contributed by atoms with van der Waals surface area (Å²) < 4.78 is 29.7. The average molecular weight is 437 g/mol. The molecule has 0 aromatic rings. The summed E-state index contributed by atoms with van der Waals surface area (Å²) in [7, 11) is -3.35. The van der Waals surface area contributed by atoms with E-state index in [2.05, 4.69) is 6.92 Å². The lowest BCUT2D eigenvalue weighted by atomic mass is 10.0. The minimum absolute atomic E-state index is 0.0809. The topological polar surface area (TPSA) is 104 Å². The fraction of sp³-hybridized carbons (Fsp3) is 1.00. The minimum atomic E-state index is -3.35. The molecule has 1 saturated heterocycles. The molecular weight excluding hydrogens is 392 g/mol. The molecule has 0 aromatic carbocycles. The zero-order valence-corrected chi connectivity index (χ0v) is 19.1. The van der Waals surface area contributed by atoms with Crippen molar-refractivity contribution < 1.29 is 28.5 Å². The summed E-state index contributed by atoms with van der Waals surface area (Å²) in [6.45, 7) is 1.81. The van der Waals surface area contributed by atoms with Crippen LogP contribution in [0.5, 0.6) is 0 Å². The van der Waals surface area contributed by atoms with Crippen LogP contribution < -0.4 is 0 Å². The summed E-state index contributed by atoms with van der Waals surface area (Å²) >= 11 is 0. The highest BCUT2D eigenvalue weighted by molar-refractivity contribution is 7.91. The molecule has 29 heavy (non-hydrogen) atoms. The van der Waals surface area contributed by atoms with Crippen LogP contribution >= 0.6 is 0 Å². The molecule has 174 valence electrons. The van der Waals surface area contributed by atoms with Crippen LogP contribution in [0.2, 0.25) is 0 Å². The molecule has 1 heterocycles. The van der Waals surface area contributed by atoms with E-state index in [1.807, 2.05) is 0 Å². The van der Waals surface area contributed by atoms with Crippen LogP contribution in [0.1, 0.15) is 96.8 Å². The highest BCUT2D eigenvalue weighted by Crippen LogP contribution is 2.23. The second-order valence-electron chi connectivity index (χ2n) is 8.59. The zero-order chi connectivity index (χ0) is 21.5. The first kappa shape index (κ1) is 26.8. The third-order valence-electron chi connectivity index (χ3n) is 5.87. The lowest BCUT2D eigenvalue weighted by Gasteiger charge is -2.14. The smallest absolute Gasteiger partial charge is 0.152 e. The van der Waals surface area contributed by atoms with Crippen molar-refractivity contribution >= 4 is 9.84 Å². The Bertz CT molecular complexity index is 496. The van der Waals surface area contributed by atoms with Gasteiger partial charge in [-0.15, -0.1) is 0 Å². The van der Waals surface area contributed by atoms with Crippen LogP contribution in [0.25, 0.3) is 0 Å². The Balaban J connectivity index is 1.98. The van der Waals surface area contributed by atoms with Gasteiger partial charge in [-0.25, -0.2) is 8.42 Å². The molecule has 0 aromatic heterocycles. The predicted molar refractivity (Wildman–Crippen MR) is 117 cm³/mol. The molecule has 3 N–H and O–H groups in total. The Morgan fingerprint density at radius 2 is 1.10 bits per heavy atom. The first-order valence-corrected chi connectivity index (χ1v) is 13.6. The fourth-order valence-corrected chi connectivity index (χ4v) is 5.55. The molecule has 4 atom stereocenters. The number of unbranched alkanes of at least 4 members (excludes halogenated alkanes) is 13. The highest BCUT2D eigenvalue weighted by Gasteiger charge is 2.43. The van der Waals surface area contributed by atoms with E-state index in [1.165, 1.54) is 64.2 Å². The van der Waals surface area contributed by atoms with Crippen molar-refractivity contribution in [1.82, 2.24) is 0 Å². The second kappa shape index (κ2) is 15.6. The standard InChI is InChI=1S/C22H44O6S/c1-2-3-4-5-6-7-8-9-10-11-12-13-14-15-16-29(26,27)18-20-22(25)21(24)19(17-23)28-20/h19-25H,2-18H2,1H3/t19-,20+,21-,22-/m1/s1. The van der Waals surface area contributed by atoms with E-state index in [4.69, 9.17) is 9.84 Å². The Morgan fingerprint density at radius 1 is 0.690 bits per heavy atom. The van der Waals surface area contributed by atoms with Gasteiger partial charge in [0.1, 0.15) is 24.4 Å². The third kappa shape index (κ3) is 11.7. The van der Waals surface area contributed by atoms with Crippen molar-refractivity contribution in [1.29, 1.82) is 0 Å². The SMILES string of the molecule is CCCCCCCCCCCCCCCCS(=O)(=O)C[C@@H]1O[C@H](CO)[C@@H](O)[C@@H]1O. The van der Waals surface area contributed by atoms with Crippen LogP contribution in [0.15, 0.2) is 0 Å². The van der Waals surface area contributed by atoms with Gasteiger partial charge >= 0.3 is 0 Å². The molecule has 7 heteroatoms. The van der Waals surface area contributed by atoms with Gasteiger partial charge in [0.05, 0.1) is 18.1 Å². The second-order valence-corrected chi connectivity index (χ2v) is 10.8. The lowest BCUT2D eigenvalue weighted by Crippen LogP contribution is -2.36. The van der Waals surface area contributed by atoms with Gasteiger partial charge in [0.25, 0.3) is 0 Å². The van der Waals surface area contributed by atoms with Crippen LogP contribution in [0.3, 0.4) is 0 Å². The molecule has 0 spiro atoms. The van der Waals surface area contributed by atoms with Gasteiger partial charge in [0, 0.05) is 0 Å². The van der Waals surface area contributed by atoms with Gasteiger partial charge in [-0.3, -0.25) is 0 Å². The molecule has 6 nitrogen and oxygen atoms in total. The van der Waals surface area contributed by atoms with Crippen molar-refractivity contribution in [3.8, 4) is 0 Å². The lowest BCUT2D eigenvalue weighted by molar-refractivity contribution is -0.0165. The number of hydrogen-bond acceptors (Lipinski definition) is 6. The van der Waals surface area contributed by atoms with Crippen LogP contribution in [-0.2, 0) is 14.6 Å².